The Kier molecular flexibility index (Phi) is 10.2. The molecule has 7 heteroatoms. The quantitative estimate of drug-likeness (QED) is 0.174. The number of hydrogen-bond donors (Lipinski definition) is 3. The van der Waals surface area contributed by atoms with Crippen molar-refractivity contribution in [1.82, 2.24) is 20.2 Å². The van der Waals surface area contributed by atoms with Crippen LogP contribution in [0.5, 0.6) is 0 Å². The Balaban J connectivity index is 1.54. The Morgan fingerprint density at radius 2 is 1.87 bits per heavy atom. The van der Waals surface area contributed by atoms with Gasteiger partial charge in [-0.05, 0) is 69.2 Å². The van der Waals surface area contributed by atoms with E-state index in [1.54, 1.807) is 0 Å². The number of aliphatic hydroxyl groups is 1. The zero-order valence-corrected chi connectivity index (χ0v) is 23.0. The summed E-state index contributed by atoms with van der Waals surface area (Å²) in [5.41, 5.74) is 6.14. The van der Waals surface area contributed by atoms with Crippen LogP contribution in [0.3, 0.4) is 0 Å². The molecule has 7 nitrogen and oxygen atoms in total. The van der Waals surface area contributed by atoms with E-state index in [2.05, 4.69) is 42.3 Å². The Hall–Kier alpha value is -3.55. The number of aromatic nitrogens is 2. The lowest BCUT2D eigenvalue weighted by molar-refractivity contribution is -0.137. The molecule has 3 aromatic rings. The third-order valence-electron chi connectivity index (χ3n) is 7.23. The van der Waals surface area contributed by atoms with Gasteiger partial charge in [0.1, 0.15) is 6.23 Å². The Morgan fingerprint density at radius 3 is 2.56 bits per heavy atom. The van der Waals surface area contributed by atoms with Crippen molar-refractivity contribution in [3.63, 3.8) is 0 Å². The second-order valence-corrected chi connectivity index (χ2v) is 10.1. The molecule has 1 heterocycles. The monoisotopic (exact) mass is 528 g/mol. The molecular formula is C32H40N4O3. The van der Waals surface area contributed by atoms with Gasteiger partial charge in [0.15, 0.2) is 0 Å². The molecule has 0 aliphatic heterocycles. The predicted molar refractivity (Wildman–Crippen MR) is 156 cm³/mol. The highest BCUT2D eigenvalue weighted by Gasteiger charge is 2.19. The first-order chi connectivity index (χ1) is 19.0. The highest BCUT2D eigenvalue weighted by atomic mass is 16.4. The fraction of sp³-hybridized carbons (Fsp3) is 0.406. The number of carbonyl (C=O) groups is 1. The zero-order valence-electron chi connectivity index (χ0n) is 23.0. The number of aliphatic carboxylic acids is 1. The first kappa shape index (κ1) is 28.5. The SMILES string of the molecule is CC[C@H](CN(CC)C1=CCCC=C1)NC(O)c1ccc2nc(-c3ccccc3)c(CCCCC(=O)O)nc2c1. The smallest absolute Gasteiger partial charge is 0.303 e. The first-order valence-electron chi connectivity index (χ1n) is 14.1. The maximum absolute atomic E-state index is 11.1. The minimum absolute atomic E-state index is 0.114. The van der Waals surface area contributed by atoms with Crippen LogP contribution in [0.4, 0.5) is 0 Å². The van der Waals surface area contributed by atoms with Gasteiger partial charge < -0.3 is 15.1 Å². The van der Waals surface area contributed by atoms with Crippen molar-refractivity contribution in [3.05, 3.63) is 83.7 Å². The van der Waals surface area contributed by atoms with Crippen molar-refractivity contribution < 1.29 is 15.0 Å². The number of likely N-dealkylation sites (N-methyl/N-ethyl adjacent to an activating group) is 1. The molecule has 1 aliphatic carbocycles. The van der Waals surface area contributed by atoms with E-state index in [-0.39, 0.29) is 12.5 Å². The molecule has 0 radical (unpaired) electrons. The van der Waals surface area contributed by atoms with E-state index in [4.69, 9.17) is 15.1 Å². The summed E-state index contributed by atoms with van der Waals surface area (Å²) in [5.74, 6) is -0.784. The number of benzene rings is 2. The molecule has 4 rings (SSSR count). The fourth-order valence-corrected chi connectivity index (χ4v) is 4.98. The van der Waals surface area contributed by atoms with Gasteiger partial charge in [0.05, 0.1) is 22.4 Å². The molecule has 2 atom stereocenters. The van der Waals surface area contributed by atoms with Crippen LogP contribution in [0.25, 0.3) is 22.3 Å². The van der Waals surface area contributed by atoms with E-state index in [9.17, 15) is 9.90 Å². The van der Waals surface area contributed by atoms with Gasteiger partial charge in [-0.3, -0.25) is 10.1 Å². The van der Waals surface area contributed by atoms with Crippen LogP contribution in [-0.2, 0) is 11.2 Å². The molecule has 1 aliphatic rings. The summed E-state index contributed by atoms with van der Waals surface area (Å²) in [5, 5.41) is 23.6. The summed E-state index contributed by atoms with van der Waals surface area (Å²) in [4.78, 5) is 23.2. The van der Waals surface area contributed by atoms with Crippen LogP contribution in [0.1, 0.15) is 69.9 Å². The van der Waals surface area contributed by atoms with Crippen LogP contribution in [0.2, 0.25) is 0 Å². The van der Waals surface area contributed by atoms with E-state index in [0.717, 1.165) is 65.9 Å². The van der Waals surface area contributed by atoms with E-state index in [0.29, 0.717) is 19.3 Å². The van der Waals surface area contributed by atoms with Crippen molar-refractivity contribution in [2.45, 2.75) is 71.1 Å². The predicted octanol–water partition coefficient (Wildman–Crippen LogP) is 6.01. The van der Waals surface area contributed by atoms with E-state index in [1.165, 1.54) is 5.70 Å². The second kappa shape index (κ2) is 14.0. The molecule has 0 saturated carbocycles. The van der Waals surface area contributed by atoms with Gasteiger partial charge in [-0.1, -0.05) is 55.5 Å². The Morgan fingerprint density at radius 1 is 1.05 bits per heavy atom. The maximum Gasteiger partial charge on any atom is 0.303 e. The lowest BCUT2D eigenvalue weighted by Crippen LogP contribution is -2.42. The molecule has 0 fully saturated rings. The Labute approximate surface area is 231 Å². The number of allylic oxidation sites excluding steroid dienone is 3. The fourth-order valence-electron chi connectivity index (χ4n) is 4.98. The van der Waals surface area contributed by atoms with Crippen molar-refractivity contribution in [2.24, 2.45) is 0 Å². The third-order valence-corrected chi connectivity index (χ3v) is 7.23. The first-order valence-corrected chi connectivity index (χ1v) is 14.1. The average Bonchev–Trinajstić information content (AvgIpc) is 2.97. The molecule has 0 spiro atoms. The molecular weight excluding hydrogens is 488 g/mol. The number of aryl methyl sites for hydroxylation is 1. The van der Waals surface area contributed by atoms with E-state index < -0.39 is 12.2 Å². The molecule has 0 saturated heterocycles. The summed E-state index contributed by atoms with van der Waals surface area (Å²) in [6.45, 7) is 6.03. The summed E-state index contributed by atoms with van der Waals surface area (Å²) in [6.07, 6.45) is 11.0. The standard InChI is InChI=1S/C32H40N4O3/c1-3-25(22-36(4-2)26-15-9-6-10-16-26)33-32(39)24-19-20-27-29(21-24)34-28(17-11-12-18-30(37)38)31(35-27)23-13-7-5-8-14-23/h5,7-9,13-16,19-21,25,32-33,39H,3-4,6,10-12,17-18,22H2,1-2H3,(H,37,38)/t25-,32?/m1/s1. The lowest BCUT2D eigenvalue weighted by Gasteiger charge is -2.31. The number of nitrogens with zero attached hydrogens (tertiary/aromatic N) is 3. The number of fused-ring (bicyclic) bond motifs is 1. The molecule has 206 valence electrons. The molecule has 2 aromatic carbocycles. The van der Waals surface area contributed by atoms with Gasteiger partial charge in [0, 0.05) is 36.8 Å². The van der Waals surface area contributed by atoms with Crippen LogP contribution in [0, 0.1) is 0 Å². The molecule has 1 unspecified atom stereocenters. The van der Waals surface area contributed by atoms with E-state index >= 15 is 0 Å². The topological polar surface area (TPSA) is 98.6 Å². The minimum atomic E-state index is -0.830. The van der Waals surface area contributed by atoms with Gasteiger partial charge in [-0.15, -0.1) is 0 Å². The minimum Gasteiger partial charge on any atom is -0.481 e. The van der Waals surface area contributed by atoms with Crippen molar-refractivity contribution in [2.75, 3.05) is 13.1 Å². The number of aliphatic hydroxyl groups excluding tert-OH is 1. The van der Waals surface area contributed by atoms with Gasteiger partial charge in [-0.25, -0.2) is 9.97 Å². The molecule has 39 heavy (non-hydrogen) atoms. The van der Waals surface area contributed by atoms with Crippen LogP contribution < -0.4 is 5.32 Å². The van der Waals surface area contributed by atoms with Gasteiger partial charge in [0.2, 0.25) is 0 Å². The van der Waals surface area contributed by atoms with Crippen molar-refractivity contribution in [3.8, 4) is 11.3 Å². The third kappa shape index (κ3) is 7.74. The number of carboxylic acid groups (broad SMARTS) is 1. The van der Waals surface area contributed by atoms with E-state index in [1.807, 2.05) is 48.5 Å². The largest absolute Gasteiger partial charge is 0.481 e. The Bertz CT molecular complexity index is 1310. The molecule has 0 bridgehead atoms. The summed E-state index contributed by atoms with van der Waals surface area (Å²) < 4.78 is 0. The van der Waals surface area contributed by atoms with Gasteiger partial charge in [0.25, 0.3) is 0 Å². The summed E-state index contributed by atoms with van der Waals surface area (Å²) >= 11 is 0. The highest BCUT2D eigenvalue weighted by molar-refractivity contribution is 5.79. The number of carboxylic acids is 1. The molecule has 1 aromatic heterocycles. The zero-order chi connectivity index (χ0) is 27.6. The van der Waals surface area contributed by atoms with Gasteiger partial charge >= 0.3 is 5.97 Å². The van der Waals surface area contributed by atoms with Crippen LogP contribution in [-0.4, -0.2) is 50.2 Å². The van der Waals surface area contributed by atoms with Crippen LogP contribution >= 0.6 is 0 Å². The lowest BCUT2D eigenvalue weighted by atomic mass is 10.0. The normalized spacial score (nSPS) is 14.7. The average molecular weight is 529 g/mol. The highest BCUT2D eigenvalue weighted by Crippen LogP contribution is 2.26. The van der Waals surface area contributed by atoms with Gasteiger partial charge in [-0.2, -0.15) is 0 Å². The number of hydrogen-bond acceptors (Lipinski definition) is 6. The van der Waals surface area contributed by atoms with Crippen LogP contribution in [0.15, 0.2) is 72.5 Å². The van der Waals surface area contributed by atoms with Crippen molar-refractivity contribution >= 4 is 17.0 Å². The maximum atomic E-state index is 11.1. The number of nitrogens with one attached hydrogen (secondary N) is 1. The molecule has 0 amide bonds. The second-order valence-electron chi connectivity index (χ2n) is 10.1. The molecule has 3 N–H and O–H groups in total. The number of rotatable bonds is 14. The number of unbranched alkanes of at least 4 members (excludes halogenated alkanes) is 1. The summed E-state index contributed by atoms with van der Waals surface area (Å²) in [7, 11) is 0. The van der Waals surface area contributed by atoms with Crippen molar-refractivity contribution in [1.29, 1.82) is 0 Å². The summed E-state index contributed by atoms with van der Waals surface area (Å²) in [6, 6.07) is 15.8.